The summed E-state index contributed by atoms with van der Waals surface area (Å²) >= 11 is 0. The second kappa shape index (κ2) is 7.47. The maximum atomic E-state index is 5.36. The molecule has 8 N–H and O–H groups in total. The lowest BCUT2D eigenvalue weighted by Gasteiger charge is -2.30. The van der Waals surface area contributed by atoms with Crippen LogP contribution in [0.1, 0.15) is 34.1 Å². The summed E-state index contributed by atoms with van der Waals surface area (Å²) < 4.78 is 0. The molecule has 0 heterocycles. The van der Waals surface area contributed by atoms with Crippen LogP contribution in [0.2, 0.25) is 0 Å². The Bertz CT molecular complexity index is 783. The van der Waals surface area contributed by atoms with E-state index >= 15 is 0 Å². The molecule has 1 aliphatic carbocycles. The summed E-state index contributed by atoms with van der Waals surface area (Å²) in [5.74, 6) is -0.307. The molecule has 0 radical (unpaired) electrons. The number of guanidine groups is 2. The molecular weight excluding hydrogens is 328 g/mol. The van der Waals surface area contributed by atoms with Crippen molar-refractivity contribution in [3.8, 4) is 0 Å². The minimum atomic E-state index is -0.0825. The van der Waals surface area contributed by atoms with Gasteiger partial charge in [0.15, 0.2) is 0 Å². The quantitative estimate of drug-likeness (QED) is 0.366. The highest BCUT2D eigenvalue weighted by molar-refractivity contribution is 5.84. The van der Waals surface area contributed by atoms with Gasteiger partial charge in [-0.05, 0) is 22.3 Å². The first-order chi connectivity index (χ1) is 12.6. The van der Waals surface area contributed by atoms with Gasteiger partial charge < -0.3 is 22.9 Å². The van der Waals surface area contributed by atoms with Gasteiger partial charge in [0, 0.05) is 24.3 Å². The number of nitrogens with zero attached hydrogens (tertiary/aromatic N) is 4. The fourth-order valence-corrected chi connectivity index (χ4v) is 3.14. The summed E-state index contributed by atoms with van der Waals surface area (Å²) in [6, 6.07) is 16.2. The first kappa shape index (κ1) is 17.2. The van der Waals surface area contributed by atoms with Crippen molar-refractivity contribution < 1.29 is 0 Å². The van der Waals surface area contributed by atoms with Crippen LogP contribution in [0, 0.1) is 0 Å². The Balaban J connectivity index is 2.12. The molecule has 26 heavy (non-hydrogen) atoms. The standard InChI is InChI=1S/C18H20N8/c19-17(20)25-23-9-15-11-5-1-2-6-12(11)16(10-24-26-18(21)22)14-8-4-3-7-13(14)15/h1-10,15-16H,(H4,19,20,25)(H4,21,22,26). The van der Waals surface area contributed by atoms with E-state index in [2.05, 4.69) is 44.7 Å². The summed E-state index contributed by atoms with van der Waals surface area (Å²) in [7, 11) is 0. The number of fused-ring (bicyclic) bond motifs is 2. The molecule has 0 aromatic heterocycles. The molecule has 0 saturated heterocycles. The Kier molecular flexibility index (Phi) is 4.93. The molecule has 0 atom stereocenters. The summed E-state index contributed by atoms with van der Waals surface area (Å²) in [5.41, 5.74) is 25.8. The largest absolute Gasteiger partial charge is 0.369 e. The predicted molar refractivity (Wildman–Crippen MR) is 105 cm³/mol. The fourth-order valence-electron chi connectivity index (χ4n) is 3.14. The van der Waals surface area contributed by atoms with Gasteiger partial charge in [-0.1, -0.05) is 48.5 Å². The average Bonchev–Trinajstić information content (AvgIpc) is 2.62. The van der Waals surface area contributed by atoms with Crippen LogP contribution < -0.4 is 22.9 Å². The smallest absolute Gasteiger partial charge is 0.211 e. The average molecular weight is 348 g/mol. The zero-order valence-electron chi connectivity index (χ0n) is 14.0. The number of nitrogens with two attached hydrogens (primary N) is 4. The molecule has 8 nitrogen and oxygen atoms in total. The second-order valence-corrected chi connectivity index (χ2v) is 5.79. The zero-order chi connectivity index (χ0) is 18.5. The maximum Gasteiger partial charge on any atom is 0.211 e. The van der Waals surface area contributed by atoms with Crippen LogP contribution in [0.3, 0.4) is 0 Å². The third kappa shape index (κ3) is 3.54. The van der Waals surface area contributed by atoms with E-state index in [0.717, 1.165) is 22.3 Å². The Labute approximate surface area is 151 Å². The van der Waals surface area contributed by atoms with Crippen molar-refractivity contribution in [2.24, 2.45) is 43.3 Å². The normalized spacial score (nSPS) is 18.3. The Morgan fingerprint density at radius 2 is 0.923 bits per heavy atom. The van der Waals surface area contributed by atoms with E-state index in [1.165, 1.54) is 0 Å². The van der Waals surface area contributed by atoms with Gasteiger partial charge >= 0.3 is 0 Å². The van der Waals surface area contributed by atoms with Crippen LogP contribution in [0.5, 0.6) is 0 Å². The maximum absolute atomic E-state index is 5.36. The van der Waals surface area contributed by atoms with E-state index in [4.69, 9.17) is 22.9 Å². The van der Waals surface area contributed by atoms with Gasteiger partial charge in [-0.25, -0.2) is 0 Å². The highest BCUT2D eigenvalue weighted by atomic mass is 15.3. The summed E-state index contributed by atoms with van der Waals surface area (Å²) in [4.78, 5) is 0. The molecular formula is C18H20N8. The van der Waals surface area contributed by atoms with E-state index in [-0.39, 0.29) is 23.8 Å². The van der Waals surface area contributed by atoms with E-state index in [1.807, 2.05) is 24.3 Å². The number of rotatable bonds is 4. The highest BCUT2D eigenvalue weighted by Gasteiger charge is 2.30. The minimum Gasteiger partial charge on any atom is -0.369 e. The summed E-state index contributed by atoms with van der Waals surface area (Å²) in [5, 5.41) is 15.5. The van der Waals surface area contributed by atoms with E-state index < -0.39 is 0 Å². The van der Waals surface area contributed by atoms with Crippen molar-refractivity contribution in [3.63, 3.8) is 0 Å². The molecule has 2 aromatic rings. The Hall–Kier alpha value is -3.68. The van der Waals surface area contributed by atoms with Crippen molar-refractivity contribution in [1.82, 2.24) is 0 Å². The lowest BCUT2D eigenvalue weighted by atomic mass is 9.73. The van der Waals surface area contributed by atoms with E-state index in [0.29, 0.717) is 0 Å². The van der Waals surface area contributed by atoms with Crippen LogP contribution in [-0.2, 0) is 0 Å². The van der Waals surface area contributed by atoms with Crippen LogP contribution >= 0.6 is 0 Å². The molecule has 0 fully saturated rings. The molecule has 3 rings (SSSR count). The lowest BCUT2D eigenvalue weighted by molar-refractivity contribution is 0.914. The van der Waals surface area contributed by atoms with E-state index in [1.54, 1.807) is 12.4 Å². The number of benzene rings is 2. The van der Waals surface area contributed by atoms with Crippen molar-refractivity contribution >= 4 is 24.3 Å². The predicted octanol–water partition coefficient (Wildman–Crippen LogP) is 0.782. The van der Waals surface area contributed by atoms with Crippen LogP contribution in [0.15, 0.2) is 68.9 Å². The van der Waals surface area contributed by atoms with Gasteiger partial charge in [-0.15, -0.1) is 10.2 Å². The van der Waals surface area contributed by atoms with Crippen LogP contribution in [-0.4, -0.2) is 24.3 Å². The summed E-state index contributed by atoms with van der Waals surface area (Å²) in [6.07, 6.45) is 3.47. The van der Waals surface area contributed by atoms with E-state index in [9.17, 15) is 0 Å². The van der Waals surface area contributed by atoms with Gasteiger partial charge in [0.1, 0.15) is 0 Å². The molecule has 0 amide bonds. The summed E-state index contributed by atoms with van der Waals surface area (Å²) in [6.45, 7) is 0. The molecule has 0 spiro atoms. The van der Waals surface area contributed by atoms with Crippen LogP contribution in [0.25, 0.3) is 0 Å². The fraction of sp³-hybridized carbons (Fsp3) is 0.111. The monoisotopic (exact) mass is 348 g/mol. The molecule has 1 aliphatic rings. The van der Waals surface area contributed by atoms with Crippen LogP contribution in [0.4, 0.5) is 0 Å². The Morgan fingerprint density at radius 1 is 0.615 bits per heavy atom. The molecule has 0 bridgehead atoms. The first-order valence-corrected chi connectivity index (χ1v) is 7.99. The molecule has 0 aliphatic heterocycles. The molecule has 8 heteroatoms. The van der Waals surface area contributed by atoms with Gasteiger partial charge in [-0.2, -0.15) is 10.2 Å². The SMILES string of the molecule is NC(N)=NN=CC1c2ccccc2C(C=NN=C(N)N)c2ccccc21. The molecule has 2 aromatic carbocycles. The van der Waals surface area contributed by atoms with Gasteiger partial charge in [0.05, 0.1) is 0 Å². The van der Waals surface area contributed by atoms with Gasteiger partial charge in [-0.3, -0.25) is 0 Å². The zero-order valence-corrected chi connectivity index (χ0v) is 14.0. The third-order valence-electron chi connectivity index (χ3n) is 4.11. The highest BCUT2D eigenvalue weighted by Crippen LogP contribution is 2.41. The molecule has 0 unspecified atom stereocenters. The second-order valence-electron chi connectivity index (χ2n) is 5.79. The van der Waals surface area contributed by atoms with Gasteiger partial charge in [0.2, 0.25) is 11.9 Å². The number of hydrogen-bond donors (Lipinski definition) is 4. The molecule has 132 valence electrons. The topological polar surface area (TPSA) is 154 Å². The third-order valence-corrected chi connectivity index (χ3v) is 4.11. The van der Waals surface area contributed by atoms with Gasteiger partial charge in [0.25, 0.3) is 0 Å². The lowest BCUT2D eigenvalue weighted by Crippen LogP contribution is -2.23. The molecule has 0 saturated carbocycles. The minimum absolute atomic E-state index is 0.0711. The Morgan fingerprint density at radius 3 is 1.19 bits per heavy atom. The number of hydrogen-bond acceptors (Lipinski definition) is 4. The first-order valence-electron chi connectivity index (χ1n) is 7.99. The van der Waals surface area contributed by atoms with Crippen molar-refractivity contribution in [1.29, 1.82) is 0 Å². The van der Waals surface area contributed by atoms with Crippen molar-refractivity contribution in [3.05, 3.63) is 70.8 Å². The van der Waals surface area contributed by atoms with Crippen molar-refractivity contribution in [2.75, 3.05) is 0 Å². The van der Waals surface area contributed by atoms with Crippen molar-refractivity contribution in [2.45, 2.75) is 11.8 Å².